The van der Waals surface area contributed by atoms with E-state index in [2.05, 4.69) is 18.2 Å². The first-order valence-electron chi connectivity index (χ1n) is 8.92. The van der Waals surface area contributed by atoms with Gasteiger partial charge in [0.15, 0.2) is 9.84 Å². The van der Waals surface area contributed by atoms with Gasteiger partial charge in [-0.25, -0.2) is 13.4 Å². The van der Waals surface area contributed by atoms with Crippen molar-refractivity contribution in [2.24, 2.45) is 5.92 Å². The predicted octanol–water partition coefficient (Wildman–Crippen LogP) is 2.99. The third-order valence-electron chi connectivity index (χ3n) is 5.48. The summed E-state index contributed by atoms with van der Waals surface area (Å²) in [7, 11) is -1.25. The number of carbonyl (C=O) groups is 1. The van der Waals surface area contributed by atoms with Gasteiger partial charge in [0.1, 0.15) is 0 Å². The first-order valence-corrected chi connectivity index (χ1v) is 11.6. The lowest BCUT2D eigenvalue weighted by Crippen LogP contribution is -2.43. The molecule has 7 heteroatoms. The number of thiazole rings is 1. The molecule has 0 radical (unpaired) electrons. The minimum atomic E-state index is -3.01. The highest BCUT2D eigenvalue weighted by Gasteiger charge is 2.38. The Kier molecular flexibility index (Phi) is 4.61. The molecular formula is C19H22N2O3S2. The summed E-state index contributed by atoms with van der Waals surface area (Å²) in [6.07, 6.45) is 6.21. The van der Waals surface area contributed by atoms with E-state index >= 15 is 0 Å². The second kappa shape index (κ2) is 6.78. The lowest BCUT2D eigenvalue weighted by atomic mass is 9.82. The number of fused-ring (bicyclic) bond motifs is 1. The second-order valence-corrected chi connectivity index (χ2v) is 10.5. The van der Waals surface area contributed by atoms with Crippen LogP contribution in [0.1, 0.15) is 30.2 Å². The van der Waals surface area contributed by atoms with E-state index in [0.29, 0.717) is 12.8 Å². The van der Waals surface area contributed by atoms with Gasteiger partial charge in [-0.3, -0.25) is 4.79 Å². The van der Waals surface area contributed by atoms with Crippen LogP contribution in [0.4, 0.5) is 0 Å². The molecular weight excluding hydrogens is 368 g/mol. The Bertz CT molecular complexity index is 931. The largest absolute Gasteiger partial charge is 0.341 e. The maximum atomic E-state index is 13.2. The van der Waals surface area contributed by atoms with Crippen molar-refractivity contribution in [3.63, 3.8) is 0 Å². The van der Waals surface area contributed by atoms with Crippen LogP contribution < -0.4 is 0 Å². The van der Waals surface area contributed by atoms with Crippen LogP contribution in [0.3, 0.4) is 0 Å². The second-order valence-electron chi connectivity index (χ2n) is 7.18. The van der Waals surface area contributed by atoms with Crippen molar-refractivity contribution < 1.29 is 13.2 Å². The number of para-hydroxylation sites is 1. The zero-order chi connectivity index (χ0) is 18.3. The number of benzene rings is 1. The van der Waals surface area contributed by atoms with E-state index in [1.54, 1.807) is 23.3 Å². The Morgan fingerprint density at radius 2 is 2.00 bits per heavy atom. The molecule has 0 saturated carbocycles. The van der Waals surface area contributed by atoms with Crippen molar-refractivity contribution in [2.75, 3.05) is 18.6 Å². The molecule has 26 heavy (non-hydrogen) atoms. The maximum absolute atomic E-state index is 13.2. The number of allylic oxidation sites excluding steroid dienone is 2. The molecule has 3 unspecified atom stereocenters. The average molecular weight is 391 g/mol. The highest BCUT2D eigenvalue weighted by atomic mass is 32.2. The summed E-state index contributed by atoms with van der Waals surface area (Å²) in [5, 5.41) is 1.00. The molecule has 2 aromatic rings. The van der Waals surface area contributed by atoms with Gasteiger partial charge in [-0.15, -0.1) is 11.3 Å². The fraction of sp³-hybridized carbons (Fsp3) is 0.474. The van der Waals surface area contributed by atoms with Crippen molar-refractivity contribution >= 4 is 37.3 Å². The Morgan fingerprint density at radius 1 is 1.23 bits per heavy atom. The van der Waals surface area contributed by atoms with Gasteiger partial charge in [0.05, 0.1) is 32.6 Å². The topological polar surface area (TPSA) is 67.3 Å². The Hall–Kier alpha value is -1.73. The molecule has 1 aliphatic carbocycles. The van der Waals surface area contributed by atoms with Crippen molar-refractivity contribution in [3.05, 3.63) is 41.4 Å². The smallest absolute Gasteiger partial charge is 0.226 e. The molecule has 0 bridgehead atoms. The summed E-state index contributed by atoms with van der Waals surface area (Å²) in [5.41, 5.74) is 0.975. The quantitative estimate of drug-likeness (QED) is 0.756. The number of rotatable bonds is 3. The Morgan fingerprint density at radius 3 is 2.73 bits per heavy atom. The number of nitrogens with zero attached hydrogens (tertiary/aromatic N) is 2. The third kappa shape index (κ3) is 3.30. The SMILES string of the molecule is CN(C(=O)C1CC=CCC1c1nc2ccccc2s1)C1CCS(=O)(=O)C1. The molecule has 1 fully saturated rings. The number of hydrogen-bond donors (Lipinski definition) is 0. The van der Waals surface area contributed by atoms with Crippen LogP contribution in [-0.4, -0.2) is 48.8 Å². The minimum Gasteiger partial charge on any atom is -0.341 e. The summed E-state index contributed by atoms with van der Waals surface area (Å²) < 4.78 is 24.7. The van der Waals surface area contributed by atoms with Crippen LogP contribution >= 0.6 is 11.3 Å². The summed E-state index contributed by atoms with van der Waals surface area (Å²) in [4.78, 5) is 19.6. The van der Waals surface area contributed by atoms with Gasteiger partial charge in [-0.05, 0) is 31.4 Å². The first kappa shape index (κ1) is 17.7. The van der Waals surface area contributed by atoms with E-state index in [4.69, 9.17) is 4.98 Å². The molecule has 0 spiro atoms. The van der Waals surface area contributed by atoms with Gasteiger partial charge in [-0.2, -0.15) is 0 Å². The van der Waals surface area contributed by atoms with Crippen molar-refractivity contribution in [2.45, 2.75) is 31.2 Å². The molecule has 1 aliphatic heterocycles. The summed E-state index contributed by atoms with van der Waals surface area (Å²) >= 11 is 1.66. The molecule has 1 aromatic carbocycles. The monoisotopic (exact) mass is 390 g/mol. The molecule has 1 amide bonds. The molecule has 0 N–H and O–H groups in total. The first-order chi connectivity index (χ1) is 12.4. The summed E-state index contributed by atoms with van der Waals surface area (Å²) in [6, 6.07) is 7.84. The van der Waals surface area contributed by atoms with Crippen LogP contribution in [0.15, 0.2) is 36.4 Å². The van der Waals surface area contributed by atoms with Crippen molar-refractivity contribution in [1.82, 2.24) is 9.88 Å². The van der Waals surface area contributed by atoms with Crippen LogP contribution in [0.2, 0.25) is 0 Å². The predicted molar refractivity (Wildman–Crippen MR) is 104 cm³/mol. The van der Waals surface area contributed by atoms with Crippen LogP contribution in [0.25, 0.3) is 10.2 Å². The standard InChI is InChI=1S/C19H22N2O3S2/c1-21(13-10-11-26(23,24)12-13)19(22)15-7-3-2-6-14(15)18-20-16-8-4-5-9-17(16)25-18/h2-5,8-9,13-15H,6-7,10-12H2,1H3. The lowest BCUT2D eigenvalue weighted by molar-refractivity contribution is -0.136. The van der Waals surface area contributed by atoms with Gasteiger partial charge in [0, 0.05) is 19.0 Å². The average Bonchev–Trinajstić information content (AvgIpc) is 3.23. The number of sulfone groups is 1. The van der Waals surface area contributed by atoms with Gasteiger partial charge in [0.2, 0.25) is 5.91 Å². The van der Waals surface area contributed by atoms with Crippen LogP contribution in [0.5, 0.6) is 0 Å². The number of hydrogen-bond acceptors (Lipinski definition) is 5. The van der Waals surface area contributed by atoms with Crippen molar-refractivity contribution in [1.29, 1.82) is 0 Å². The normalized spacial score (nSPS) is 27.7. The molecule has 2 aliphatic rings. The fourth-order valence-corrected chi connectivity index (χ4v) is 6.85. The van der Waals surface area contributed by atoms with E-state index in [-0.39, 0.29) is 35.3 Å². The molecule has 5 nitrogen and oxygen atoms in total. The summed E-state index contributed by atoms with van der Waals surface area (Å²) in [5.74, 6) is 0.199. The van der Waals surface area contributed by atoms with E-state index in [1.807, 2.05) is 18.2 Å². The van der Waals surface area contributed by atoms with E-state index in [9.17, 15) is 13.2 Å². The zero-order valence-electron chi connectivity index (χ0n) is 14.7. The highest BCUT2D eigenvalue weighted by molar-refractivity contribution is 7.91. The van der Waals surface area contributed by atoms with Crippen molar-refractivity contribution in [3.8, 4) is 0 Å². The Labute approximate surface area is 157 Å². The number of amides is 1. The number of carbonyl (C=O) groups excluding carboxylic acids is 1. The molecule has 3 atom stereocenters. The lowest BCUT2D eigenvalue weighted by Gasteiger charge is -2.32. The minimum absolute atomic E-state index is 0.0423. The molecule has 2 heterocycles. The van der Waals surface area contributed by atoms with E-state index < -0.39 is 9.84 Å². The number of aromatic nitrogens is 1. The molecule has 138 valence electrons. The maximum Gasteiger partial charge on any atom is 0.226 e. The molecule has 1 saturated heterocycles. The highest BCUT2D eigenvalue weighted by Crippen LogP contribution is 2.39. The molecule has 4 rings (SSSR count). The van der Waals surface area contributed by atoms with Gasteiger partial charge < -0.3 is 4.90 Å². The van der Waals surface area contributed by atoms with Crippen LogP contribution in [0, 0.1) is 5.92 Å². The van der Waals surface area contributed by atoms with Crippen LogP contribution in [-0.2, 0) is 14.6 Å². The van der Waals surface area contributed by atoms with Gasteiger partial charge in [-0.1, -0.05) is 24.3 Å². The van der Waals surface area contributed by atoms with E-state index in [0.717, 1.165) is 21.6 Å². The molecule has 1 aromatic heterocycles. The van der Waals surface area contributed by atoms with Gasteiger partial charge in [0.25, 0.3) is 0 Å². The summed E-state index contributed by atoms with van der Waals surface area (Å²) in [6.45, 7) is 0. The van der Waals surface area contributed by atoms with Gasteiger partial charge >= 0.3 is 0 Å². The zero-order valence-corrected chi connectivity index (χ0v) is 16.3. The third-order valence-corrected chi connectivity index (χ3v) is 8.40. The fourth-order valence-electron chi connectivity index (χ4n) is 3.93. The van der Waals surface area contributed by atoms with E-state index in [1.165, 1.54) is 0 Å². The Balaban J connectivity index is 1.59.